The maximum absolute atomic E-state index is 10.8. The zero-order valence-electron chi connectivity index (χ0n) is 20.1. The molecule has 0 aromatic heterocycles. The van der Waals surface area contributed by atoms with Crippen LogP contribution < -0.4 is 17.2 Å². The van der Waals surface area contributed by atoms with Crippen LogP contribution in [0.2, 0.25) is 0 Å². The van der Waals surface area contributed by atoms with Crippen molar-refractivity contribution in [2.24, 2.45) is 11.5 Å². The van der Waals surface area contributed by atoms with Crippen molar-refractivity contribution in [3.05, 3.63) is 108 Å². The van der Waals surface area contributed by atoms with Crippen LogP contribution in [0.4, 0.5) is 17.1 Å². The van der Waals surface area contributed by atoms with Crippen LogP contribution in [0, 0.1) is 41.0 Å². The molecule has 3 aromatic carbocycles. The van der Waals surface area contributed by atoms with Crippen LogP contribution in [-0.2, 0) is 0 Å². The lowest BCUT2D eigenvalue weighted by atomic mass is 10.1. The molecule has 3 rings (SSSR count). The van der Waals surface area contributed by atoms with Gasteiger partial charge >= 0.3 is 5.97 Å². The van der Waals surface area contributed by atoms with E-state index >= 15 is 0 Å². The average Bonchev–Trinajstić information content (AvgIpc) is 2.81. The van der Waals surface area contributed by atoms with E-state index in [0.717, 1.165) is 5.56 Å². The number of nitrogen functional groups attached to an aromatic ring is 1. The van der Waals surface area contributed by atoms with Gasteiger partial charge in [0, 0.05) is 40.1 Å². The van der Waals surface area contributed by atoms with Gasteiger partial charge in [-0.25, -0.2) is 4.79 Å². The number of nitro benzene ring substituents is 2. The van der Waals surface area contributed by atoms with Gasteiger partial charge in [-0.3, -0.25) is 29.8 Å². The van der Waals surface area contributed by atoms with Crippen LogP contribution in [0.5, 0.6) is 0 Å². The van der Waals surface area contributed by atoms with Crippen LogP contribution >= 0.6 is 0 Å². The van der Waals surface area contributed by atoms with Crippen LogP contribution in [-0.4, -0.2) is 32.7 Å². The highest BCUT2D eigenvalue weighted by Crippen LogP contribution is 2.21. The summed E-state index contributed by atoms with van der Waals surface area (Å²) in [4.78, 5) is 51.8. The first kappa shape index (κ1) is 29.7. The fraction of sp³-hybridized carbons (Fsp3) is 0.125. The minimum atomic E-state index is -1.15. The molecule has 0 heterocycles. The first-order valence-corrected chi connectivity index (χ1v) is 10.4. The number of anilines is 1. The second-order valence-corrected chi connectivity index (χ2v) is 7.47. The Morgan fingerprint density at radius 1 is 0.676 bits per heavy atom. The number of amides is 2. The quantitative estimate of drug-likeness (QED) is 0.223. The number of primary amides is 2. The van der Waals surface area contributed by atoms with Gasteiger partial charge in [0.05, 0.1) is 15.4 Å². The zero-order valence-corrected chi connectivity index (χ0v) is 20.1. The lowest BCUT2D eigenvalue weighted by Gasteiger charge is -2.02. The molecule has 7 N–H and O–H groups in total. The van der Waals surface area contributed by atoms with E-state index < -0.39 is 27.6 Å². The number of nitrogens with zero attached hydrogens (tertiary/aromatic N) is 2. The van der Waals surface area contributed by atoms with E-state index in [2.05, 4.69) is 0 Å². The topological polar surface area (TPSA) is 236 Å². The SMILES string of the molecule is Cc1c(C(=O)O)cccc1[N+](=O)[O-].Cc1c(C(N)=O)cccc1[N+](=O)[O-].Cc1c(N)cccc1C(N)=O. The third-order valence-corrected chi connectivity index (χ3v) is 5.14. The Morgan fingerprint density at radius 2 is 1.03 bits per heavy atom. The van der Waals surface area contributed by atoms with E-state index in [-0.39, 0.29) is 28.1 Å². The molecule has 3 aromatic rings. The number of hydrogen-bond donors (Lipinski definition) is 4. The Labute approximate surface area is 210 Å². The number of rotatable bonds is 5. The smallest absolute Gasteiger partial charge is 0.336 e. The van der Waals surface area contributed by atoms with E-state index in [1.165, 1.54) is 50.2 Å². The molecule has 0 aliphatic heterocycles. The molecule has 0 atom stereocenters. The summed E-state index contributed by atoms with van der Waals surface area (Å²) in [6, 6.07) is 13.3. The first-order valence-electron chi connectivity index (χ1n) is 10.4. The first-order chi connectivity index (χ1) is 17.2. The number of nitro groups is 2. The molecule has 0 saturated carbocycles. The van der Waals surface area contributed by atoms with Crippen molar-refractivity contribution in [1.82, 2.24) is 0 Å². The lowest BCUT2D eigenvalue weighted by Crippen LogP contribution is -2.13. The monoisotopic (exact) mass is 511 g/mol. The number of hydrogen-bond acceptors (Lipinski definition) is 8. The van der Waals surface area contributed by atoms with Gasteiger partial charge < -0.3 is 22.3 Å². The molecular formula is C24H25N5O8. The Bertz CT molecular complexity index is 1230. The highest BCUT2D eigenvalue weighted by atomic mass is 16.6. The molecule has 13 nitrogen and oxygen atoms in total. The molecule has 194 valence electrons. The fourth-order valence-electron chi connectivity index (χ4n) is 3.06. The summed E-state index contributed by atoms with van der Waals surface area (Å²) in [6.07, 6.45) is 0. The van der Waals surface area contributed by atoms with Crippen LogP contribution in [0.25, 0.3) is 0 Å². The molecule has 0 aliphatic rings. The zero-order chi connectivity index (χ0) is 28.4. The minimum absolute atomic E-state index is 0.0331. The van der Waals surface area contributed by atoms with Crippen molar-refractivity contribution in [2.45, 2.75) is 20.8 Å². The second-order valence-electron chi connectivity index (χ2n) is 7.47. The summed E-state index contributed by atoms with van der Waals surface area (Å²) >= 11 is 0. The summed E-state index contributed by atoms with van der Waals surface area (Å²) in [5, 5.41) is 29.5. The van der Waals surface area contributed by atoms with Gasteiger partial charge in [-0.1, -0.05) is 18.2 Å². The molecule has 0 radical (unpaired) electrons. The van der Waals surface area contributed by atoms with Crippen molar-refractivity contribution in [3.63, 3.8) is 0 Å². The standard InChI is InChI=1S/C8H8N2O3.C8H10N2O.C8H7NO4/c1-5-6(8(9)11)3-2-4-7(5)10(12)13;1-5-6(8(10)11)3-2-4-7(5)9;1-5-6(8(10)11)3-2-4-7(5)9(12)13/h2-4H,1H3,(H2,9,11);2-4H,9H2,1H3,(H2,10,11);2-4H,1H3,(H,10,11). The van der Waals surface area contributed by atoms with Crippen molar-refractivity contribution >= 4 is 34.8 Å². The van der Waals surface area contributed by atoms with Crippen molar-refractivity contribution in [3.8, 4) is 0 Å². The van der Waals surface area contributed by atoms with E-state index in [9.17, 15) is 34.6 Å². The van der Waals surface area contributed by atoms with Crippen molar-refractivity contribution in [1.29, 1.82) is 0 Å². The molecule has 0 unspecified atom stereocenters. The second kappa shape index (κ2) is 12.9. The molecule has 0 bridgehead atoms. The fourth-order valence-corrected chi connectivity index (χ4v) is 3.06. The normalized spacial score (nSPS) is 9.59. The van der Waals surface area contributed by atoms with E-state index in [1.807, 2.05) is 0 Å². The predicted octanol–water partition coefficient (Wildman–Crippen LogP) is 3.28. The molecule has 2 amide bonds. The van der Waals surface area contributed by atoms with Crippen molar-refractivity contribution < 1.29 is 29.3 Å². The molecule has 0 saturated heterocycles. The van der Waals surface area contributed by atoms with Gasteiger partial charge in [-0.2, -0.15) is 0 Å². The number of carbonyl (C=O) groups excluding carboxylic acids is 2. The number of nitrogens with two attached hydrogens (primary N) is 3. The summed E-state index contributed by atoms with van der Waals surface area (Å²) in [5.41, 5.74) is 17.9. The number of benzene rings is 3. The van der Waals surface area contributed by atoms with Gasteiger partial charge in [0.15, 0.2) is 0 Å². The maximum Gasteiger partial charge on any atom is 0.336 e. The van der Waals surface area contributed by atoms with Crippen LogP contribution in [0.3, 0.4) is 0 Å². The molecule has 0 fully saturated rings. The summed E-state index contributed by atoms with van der Waals surface area (Å²) in [7, 11) is 0. The van der Waals surface area contributed by atoms with E-state index in [1.54, 1.807) is 25.1 Å². The van der Waals surface area contributed by atoms with Gasteiger partial charge in [-0.15, -0.1) is 0 Å². The summed E-state index contributed by atoms with van der Waals surface area (Å²) < 4.78 is 0. The van der Waals surface area contributed by atoms with Gasteiger partial charge in [-0.05, 0) is 50.6 Å². The lowest BCUT2D eigenvalue weighted by molar-refractivity contribution is -0.385. The molecule has 13 heteroatoms. The summed E-state index contributed by atoms with van der Waals surface area (Å²) in [5.74, 6) is -2.24. The molecule has 0 spiro atoms. The third kappa shape index (κ3) is 7.85. The molecule has 0 aliphatic carbocycles. The largest absolute Gasteiger partial charge is 0.478 e. The molecule has 37 heavy (non-hydrogen) atoms. The van der Waals surface area contributed by atoms with Crippen LogP contribution in [0.1, 0.15) is 47.8 Å². The maximum atomic E-state index is 10.8. The van der Waals surface area contributed by atoms with Gasteiger partial charge in [0.2, 0.25) is 11.8 Å². The van der Waals surface area contributed by atoms with Gasteiger partial charge in [0.25, 0.3) is 11.4 Å². The predicted molar refractivity (Wildman–Crippen MR) is 135 cm³/mol. The van der Waals surface area contributed by atoms with E-state index in [0.29, 0.717) is 16.8 Å². The van der Waals surface area contributed by atoms with Crippen molar-refractivity contribution in [2.75, 3.05) is 5.73 Å². The average molecular weight is 511 g/mol. The minimum Gasteiger partial charge on any atom is -0.478 e. The number of aromatic carboxylic acids is 1. The van der Waals surface area contributed by atoms with E-state index in [4.69, 9.17) is 22.3 Å². The Hall–Kier alpha value is -5.33. The number of carboxylic acid groups (broad SMARTS) is 1. The number of carbonyl (C=O) groups is 3. The summed E-state index contributed by atoms with van der Waals surface area (Å²) in [6.45, 7) is 4.69. The number of carboxylic acids is 1. The highest BCUT2D eigenvalue weighted by molar-refractivity contribution is 5.96. The third-order valence-electron chi connectivity index (χ3n) is 5.14. The highest BCUT2D eigenvalue weighted by Gasteiger charge is 2.17. The Balaban J connectivity index is 0.000000279. The Morgan fingerprint density at radius 3 is 1.38 bits per heavy atom. The van der Waals surface area contributed by atoms with Crippen LogP contribution in [0.15, 0.2) is 54.6 Å². The Kier molecular flexibility index (Phi) is 10.4. The molecular weight excluding hydrogens is 486 g/mol. The van der Waals surface area contributed by atoms with Gasteiger partial charge in [0.1, 0.15) is 0 Å².